The van der Waals surface area contributed by atoms with E-state index in [4.69, 9.17) is 9.47 Å². The van der Waals surface area contributed by atoms with Crippen molar-refractivity contribution < 1.29 is 14.3 Å². The van der Waals surface area contributed by atoms with Crippen LogP contribution in [0.4, 0.5) is 0 Å². The molecule has 1 N–H and O–H groups in total. The first-order chi connectivity index (χ1) is 14.6. The number of carbonyl (C=O) groups is 1. The van der Waals surface area contributed by atoms with E-state index in [0.29, 0.717) is 18.0 Å². The molecule has 0 spiro atoms. The third kappa shape index (κ3) is 5.99. The molecule has 2 aromatic rings. The number of ether oxygens (including phenoxy) is 2. The topological polar surface area (TPSA) is 50.8 Å². The third-order valence-corrected chi connectivity index (χ3v) is 6.18. The second-order valence-electron chi connectivity index (χ2n) is 8.09. The van der Waals surface area contributed by atoms with Gasteiger partial charge in [-0.15, -0.1) is 0 Å². The molecule has 30 heavy (non-hydrogen) atoms. The number of nitrogens with zero attached hydrogens (tertiary/aromatic N) is 1. The van der Waals surface area contributed by atoms with Crippen LogP contribution >= 0.6 is 0 Å². The highest BCUT2D eigenvalue weighted by atomic mass is 16.5. The van der Waals surface area contributed by atoms with Crippen LogP contribution in [-0.4, -0.2) is 44.2 Å². The summed E-state index contributed by atoms with van der Waals surface area (Å²) < 4.78 is 10.6. The van der Waals surface area contributed by atoms with Crippen molar-refractivity contribution >= 4 is 5.91 Å². The molecule has 5 nitrogen and oxygen atoms in total. The molecule has 0 bridgehead atoms. The minimum atomic E-state index is -0.111. The summed E-state index contributed by atoms with van der Waals surface area (Å²) in [4.78, 5) is 15.0. The fraction of sp³-hybridized carbons (Fsp3) is 0.480. The summed E-state index contributed by atoms with van der Waals surface area (Å²) in [6, 6.07) is 16.3. The van der Waals surface area contributed by atoms with E-state index in [-0.39, 0.29) is 11.9 Å². The lowest BCUT2D eigenvalue weighted by Crippen LogP contribution is -2.48. The Morgan fingerprint density at radius 2 is 1.73 bits per heavy atom. The summed E-state index contributed by atoms with van der Waals surface area (Å²) in [5.74, 6) is 2.20. The van der Waals surface area contributed by atoms with E-state index >= 15 is 0 Å². The van der Waals surface area contributed by atoms with E-state index in [1.807, 2.05) is 25.1 Å². The maximum atomic E-state index is 12.7. The van der Waals surface area contributed by atoms with E-state index in [2.05, 4.69) is 40.5 Å². The van der Waals surface area contributed by atoms with Gasteiger partial charge in [0.2, 0.25) is 5.91 Å². The summed E-state index contributed by atoms with van der Waals surface area (Å²) >= 11 is 0. The first-order valence-corrected chi connectivity index (χ1v) is 10.9. The van der Waals surface area contributed by atoms with Crippen LogP contribution in [0, 0.1) is 5.92 Å². The predicted octanol–water partition coefficient (Wildman–Crippen LogP) is 4.05. The van der Waals surface area contributed by atoms with Gasteiger partial charge in [0.15, 0.2) is 11.5 Å². The smallest absolute Gasteiger partial charge is 0.237 e. The van der Waals surface area contributed by atoms with Crippen LogP contribution in [0.3, 0.4) is 0 Å². The third-order valence-electron chi connectivity index (χ3n) is 6.18. The molecule has 1 unspecified atom stereocenters. The molecule has 162 valence electrons. The van der Waals surface area contributed by atoms with Crippen molar-refractivity contribution in [3.63, 3.8) is 0 Å². The van der Waals surface area contributed by atoms with Gasteiger partial charge >= 0.3 is 0 Å². The molecule has 3 rings (SSSR count). The van der Waals surface area contributed by atoms with Crippen LogP contribution in [-0.2, 0) is 17.8 Å². The molecular formula is C25H34N2O3. The number of piperidine rings is 1. The predicted molar refractivity (Wildman–Crippen MR) is 120 cm³/mol. The number of aryl methyl sites for hydroxylation is 1. The Morgan fingerprint density at radius 1 is 1.03 bits per heavy atom. The maximum Gasteiger partial charge on any atom is 0.237 e. The van der Waals surface area contributed by atoms with Gasteiger partial charge in [0.25, 0.3) is 0 Å². The van der Waals surface area contributed by atoms with Crippen LogP contribution in [0.5, 0.6) is 11.5 Å². The highest BCUT2D eigenvalue weighted by molar-refractivity contribution is 5.81. The molecule has 1 atom stereocenters. The number of nitrogens with one attached hydrogen (secondary N) is 1. The average Bonchev–Trinajstić information content (AvgIpc) is 2.81. The minimum absolute atomic E-state index is 0.0764. The van der Waals surface area contributed by atoms with Crippen molar-refractivity contribution in [1.29, 1.82) is 0 Å². The van der Waals surface area contributed by atoms with Gasteiger partial charge in [-0.2, -0.15) is 0 Å². The summed E-state index contributed by atoms with van der Waals surface area (Å²) in [5.41, 5.74) is 2.41. The Balaban J connectivity index is 1.42. The van der Waals surface area contributed by atoms with E-state index in [1.54, 1.807) is 14.2 Å². The second-order valence-corrected chi connectivity index (χ2v) is 8.09. The van der Waals surface area contributed by atoms with Gasteiger partial charge in [-0.05, 0) is 74.9 Å². The van der Waals surface area contributed by atoms with E-state index < -0.39 is 0 Å². The van der Waals surface area contributed by atoms with Gasteiger partial charge < -0.3 is 14.8 Å². The van der Waals surface area contributed by atoms with E-state index in [9.17, 15) is 4.79 Å². The number of rotatable bonds is 9. The molecule has 0 saturated carbocycles. The largest absolute Gasteiger partial charge is 0.493 e. The van der Waals surface area contributed by atoms with Gasteiger partial charge in [0, 0.05) is 6.54 Å². The number of likely N-dealkylation sites (tertiary alicyclic amines) is 1. The van der Waals surface area contributed by atoms with Crippen molar-refractivity contribution in [3.05, 3.63) is 59.7 Å². The fourth-order valence-corrected chi connectivity index (χ4v) is 4.14. The molecule has 1 amide bonds. The van der Waals surface area contributed by atoms with Crippen molar-refractivity contribution in [2.24, 2.45) is 5.92 Å². The first kappa shape index (κ1) is 22.2. The number of hydrogen-bond donors (Lipinski definition) is 1. The molecule has 1 saturated heterocycles. The monoisotopic (exact) mass is 410 g/mol. The Morgan fingerprint density at radius 3 is 2.40 bits per heavy atom. The zero-order valence-electron chi connectivity index (χ0n) is 18.4. The fourth-order valence-electron chi connectivity index (χ4n) is 4.14. The SMILES string of the molecule is COc1ccc(CNC(=O)C(C)N2CCC(CCc3ccccc3)CC2)cc1OC. The summed E-state index contributed by atoms with van der Waals surface area (Å²) in [6.45, 7) is 4.47. The summed E-state index contributed by atoms with van der Waals surface area (Å²) in [5, 5.41) is 3.07. The van der Waals surface area contributed by atoms with Crippen molar-refractivity contribution in [1.82, 2.24) is 10.2 Å². The lowest BCUT2D eigenvalue weighted by atomic mass is 9.90. The molecule has 0 aromatic heterocycles. The zero-order valence-corrected chi connectivity index (χ0v) is 18.4. The average molecular weight is 411 g/mol. The molecule has 0 aliphatic carbocycles. The van der Waals surface area contributed by atoms with Crippen LogP contribution in [0.15, 0.2) is 48.5 Å². The van der Waals surface area contributed by atoms with Gasteiger partial charge in [-0.1, -0.05) is 36.4 Å². The minimum Gasteiger partial charge on any atom is -0.493 e. The Kier molecular flexibility index (Phi) is 8.14. The molecule has 1 aliphatic rings. The number of amides is 1. The van der Waals surface area contributed by atoms with Gasteiger partial charge in [0.1, 0.15) is 0 Å². The molecule has 0 radical (unpaired) electrons. The first-order valence-electron chi connectivity index (χ1n) is 10.9. The highest BCUT2D eigenvalue weighted by Gasteiger charge is 2.26. The molecule has 1 aliphatic heterocycles. The molecule has 1 fully saturated rings. The normalized spacial score (nSPS) is 16.1. The number of methoxy groups -OCH3 is 2. The standard InChI is InChI=1S/C25H34N2O3/c1-19(25(28)26-18-22-11-12-23(29-2)24(17-22)30-3)27-15-13-21(14-16-27)10-9-20-7-5-4-6-8-20/h4-8,11-12,17,19,21H,9-10,13-16,18H2,1-3H3,(H,26,28). The van der Waals surface area contributed by atoms with Gasteiger partial charge in [-0.3, -0.25) is 9.69 Å². The van der Waals surface area contributed by atoms with Crippen LogP contribution in [0.1, 0.15) is 37.3 Å². The van der Waals surface area contributed by atoms with Gasteiger partial charge in [-0.25, -0.2) is 0 Å². The summed E-state index contributed by atoms with van der Waals surface area (Å²) in [7, 11) is 3.23. The van der Waals surface area contributed by atoms with Crippen LogP contribution < -0.4 is 14.8 Å². The number of hydrogen-bond acceptors (Lipinski definition) is 4. The van der Waals surface area contributed by atoms with Crippen molar-refractivity contribution in [2.45, 2.75) is 45.2 Å². The van der Waals surface area contributed by atoms with Gasteiger partial charge in [0.05, 0.1) is 20.3 Å². The Hall–Kier alpha value is -2.53. The molecule has 1 heterocycles. The lowest BCUT2D eigenvalue weighted by Gasteiger charge is -2.35. The molecule has 2 aromatic carbocycles. The second kappa shape index (κ2) is 11.0. The Labute approximate surface area is 180 Å². The highest BCUT2D eigenvalue weighted by Crippen LogP contribution is 2.27. The number of benzene rings is 2. The maximum absolute atomic E-state index is 12.7. The molecule has 5 heteroatoms. The Bertz CT molecular complexity index is 801. The van der Waals surface area contributed by atoms with E-state index in [0.717, 1.165) is 31.0 Å². The quantitative estimate of drug-likeness (QED) is 0.678. The van der Waals surface area contributed by atoms with Crippen molar-refractivity contribution in [2.75, 3.05) is 27.3 Å². The molecular weight excluding hydrogens is 376 g/mol. The lowest BCUT2D eigenvalue weighted by molar-refractivity contribution is -0.126. The van der Waals surface area contributed by atoms with Crippen LogP contribution in [0.2, 0.25) is 0 Å². The summed E-state index contributed by atoms with van der Waals surface area (Å²) in [6.07, 6.45) is 4.71. The number of carbonyl (C=O) groups excluding carboxylic acids is 1. The van der Waals surface area contributed by atoms with Crippen LogP contribution in [0.25, 0.3) is 0 Å². The van der Waals surface area contributed by atoms with E-state index in [1.165, 1.54) is 24.8 Å². The van der Waals surface area contributed by atoms with Crippen molar-refractivity contribution in [3.8, 4) is 11.5 Å². The zero-order chi connectivity index (χ0) is 21.3.